The molecule has 474 valence electrons. The first-order valence-corrected chi connectivity index (χ1v) is 35.6. The van der Waals surface area contributed by atoms with E-state index in [0.29, 0.717) is 17.8 Å². The lowest BCUT2D eigenvalue weighted by atomic mass is 9.80. The van der Waals surface area contributed by atoms with Crippen LogP contribution in [-0.2, 0) is 0 Å². The van der Waals surface area contributed by atoms with Crippen LogP contribution in [0.25, 0.3) is 94.3 Å². The van der Waals surface area contributed by atoms with Crippen LogP contribution in [-0.4, -0.2) is 10.6 Å². The molecule has 100 heavy (non-hydrogen) atoms. The standard InChI is InChI=1S/C98H72N2/c1-2-19-66(20-3-1)71-21-12-24-74(57-71)77-27-15-28-78(60-77)75-25-13-22-72(58-75)67-42-44-70(45-43-67)84-62-82(80-30-16-29-79(61-80)76-26-14-23-73(59-76)68-48-52-86(53-49-68)99-94-38-8-4-33-89(94)90-34-5-9-39-95(90)99)46-47-83(63-84)88-37-18-56-98(65-93(88)98)85-32-17-31-81(64-85)69-50-54-87(55-51-69)100-96-40-10-6-35-91(96)92-36-7-11-41-97(92)100/h1-16,18-30,32-46,48-56,58-64,74,91,93,96H,17,31,57,65H2. The third-order valence-electron chi connectivity index (χ3n) is 22.2. The predicted octanol–water partition coefficient (Wildman–Crippen LogP) is 25.2. The Labute approximate surface area is 586 Å². The molecule has 1 aliphatic heterocycles. The number of allylic oxidation sites excluding steroid dienone is 19. The van der Waals surface area contributed by atoms with Crippen molar-refractivity contribution in [3.63, 3.8) is 0 Å². The zero-order valence-electron chi connectivity index (χ0n) is 55.7. The van der Waals surface area contributed by atoms with Crippen molar-refractivity contribution in [2.45, 2.75) is 43.6 Å². The Morgan fingerprint density at radius 1 is 0.410 bits per heavy atom. The Kier molecular flexibility index (Phi) is 14.7. The van der Waals surface area contributed by atoms with E-state index in [9.17, 15) is 0 Å². The molecule has 1 aromatic heterocycles. The van der Waals surface area contributed by atoms with Gasteiger partial charge in [0.25, 0.3) is 0 Å². The van der Waals surface area contributed by atoms with Crippen LogP contribution in [0.1, 0.15) is 70.9 Å². The molecule has 0 saturated heterocycles. The van der Waals surface area contributed by atoms with Gasteiger partial charge in [-0.1, -0.05) is 285 Å². The van der Waals surface area contributed by atoms with Crippen molar-refractivity contribution in [2.24, 2.45) is 11.3 Å². The van der Waals surface area contributed by atoms with Crippen LogP contribution in [0.5, 0.6) is 0 Å². The third-order valence-corrected chi connectivity index (χ3v) is 22.2. The average Bonchev–Trinajstić information content (AvgIpc) is 1.50. The Hall–Kier alpha value is -12.1. The van der Waals surface area contributed by atoms with Gasteiger partial charge in [0, 0.05) is 50.7 Å². The zero-order chi connectivity index (χ0) is 66.1. The summed E-state index contributed by atoms with van der Waals surface area (Å²) < 4.78 is 2.39. The van der Waals surface area contributed by atoms with Crippen molar-refractivity contribution >= 4 is 55.5 Å². The summed E-state index contributed by atoms with van der Waals surface area (Å²) in [7, 11) is 0. The number of aromatic nitrogens is 1. The number of hydrogen-bond donors (Lipinski definition) is 0. The molecule has 0 N–H and O–H groups in total. The number of benzene rings is 11. The highest BCUT2D eigenvalue weighted by Gasteiger charge is 2.57. The number of rotatable bonds is 13. The highest BCUT2D eigenvalue weighted by Crippen LogP contribution is 2.66. The van der Waals surface area contributed by atoms with Gasteiger partial charge in [-0.25, -0.2) is 0 Å². The third kappa shape index (κ3) is 10.7. The summed E-state index contributed by atoms with van der Waals surface area (Å²) in [5.74, 6) is 1.03. The molecule has 2 nitrogen and oxygen atoms in total. The lowest BCUT2D eigenvalue weighted by Gasteiger charge is -2.29. The monoisotopic (exact) mass is 1280 g/mol. The molecular formula is C98H72N2. The van der Waals surface area contributed by atoms with E-state index >= 15 is 0 Å². The minimum atomic E-state index is -0.0546. The quantitative estimate of drug-likeness (QED) is 0.104. The van der Waals surface area contributed by atoms with Gasteiger partial charge in [-0.15, -0.1) is 5.73 Å². The molecule has 2 heterocycles. The largest absolute Gasteiger partial charge is 0.333 e. The van der Waals surface area contributed by atoms with Gasteiger partial charge in [0.2, 0.25) is 0 Å². The molecule has 5 unspecified atom stereocenters. The van der Waals surface area contributed by atoms with E-state index in [1.54, 1.807) is 0 Å². The number of nitrogens with zero attached hydrogens (tertiary/aromatic N) is 2. The highest BCUT2D eigenvalue weighted by molar-refractivity contribution is 6.09. The van der Waals surface area contributed by atoms with E-state index in [4.69, 9.17) is 0 Å². The van der Waals surface area contributed by atoms with Gasteiger partial charge in [-0.3, -0.25) is 0 Å². The van der Waals surface area contributed by atoms with Crippen LogP contribution in [0.2, 0.25) is 0 Å². The summed E-state index contributed by atoms with van der Waals surface area (Å²) in [5, 5.41) is 2.54. The second-order valence-electron chi connectivity index (χ2n) is 27.9. The Bertz CT molecular complexity index is 5640. The number of hydrogen-bond acceptors (Lipinski definition) is 1. The number of anilines is 2. The summed E-state index contributed by atoms with van der Waals surface area (Å²) in [4.78, 5) is 2.53. The van der Waals surface area contributed by atoms with E-state index in [1.807, 2.05) is 0 Å². The first-order chi connectivity index (χ1) is 49.5. The molecule has 7 aliphatic rings. The minimum absolute atomic E-state index is 0.0546. The van der Waals surface area contributed by atoms with Crippen molar-refractivity contribution in [1.29, 1.82) is 0 Å². The van der Waals surface area contributed by atoms with Crippen molar-refractivity contribution in [3.05, 3.63) is 420 Å². The molecule has 0 amide bonds. The maximum absolute atomic E-state index is 3.97. The van der Waals surface area contributed by atoms with Crippen LogP contribution in [0, 0.1) is 11.3 Å². The molecule has 1 fully saturated rings. The molecule has 19 rings (SSSR count). The normalized spacial score (nSPS) is 20.1. The summed E-state index contributed by atoms with van der Waals surface area (Å²) >= 11 is 0. The summed E-state index contributed by atoms with van der Waals surface area (Å²) in [6, 6.07) is 102. The van der Waals surface area contributed by atoms with Gasteiger partial charge in [0.15, 0.2) is 0 Å². The molecule has 0 bridgehead atoms. The van der Waals surface area contributed by atoms with E-state index in [1.165, 1.54) is 128 Å². The minimum Gasteiger partial charge on any atom is -0.333 e. The van der Waals surface area contributed by atoms with Gasteiger partial charge in [-0.05, 0) is 222 Å². The molecule has 12 aromatic rings. The Morgan fingerprint density at radius 2 is 0.990 bits per heavy atom. The number of para-hydroxylation sites is 3. The van der Waals surface area contributed by atoms with Crippen LogP contribution in [0.3, 0.4) is 0 Å². The second-order valence-corrected chi connectivity index (χ2v) is 27.9. The first kappa shape index (κ1) is 59.2. The molecule has 0 radical (unpaired) electrons. The van der Waals surface area contributed by atoms with Crippen LogP contribution < -0.4 is 4.90 Å². The van der Waals surface area contributed by atoms with Gasteiger partial charge < -0.3 is 9.47 Å². The molecule has 1 saturated carbocycles. The molecule has 0 spiro atoms. The summed E-state index contributed by atoms with van der Waals surface area (Å²) in [6.45, 7) is 0. The van der Waals surface area contributed by atoms with E-state index in [2.05, 4.69) is 379 Å². The highest BCUT2D eigenvalue weighted by atomic mass is 15.2. The fourth-order valence-corrected chi connectivity index (χ4v) is 17.0. The van der Waals surface area contributed by atoms with E-state index < -0.39 is 0 Å². The summed E-state index contributed by atoms with van der Waals surface area (Å²) in [6.07, 6.45) is 39.4. The average molecular weight is 1280 g/mol. The maximum Gasteiger partial charge on any atom is 0.0629 e. The lowest BCUT2D eigenvalue weighted by Crippen LogP contribution is -2.28. The molecule has 11 aromatic carbocycles. The predicted molar refractivity (Wildman–Crippen MR) is 420 cm³/mol. The SMILES string of the molecule is C1=CC(c2cccc(-c3cccc(-c4ccc(-n5c6ccccc6c6ccccc65)cc4)c3)c2)=CC(c2ccc(-c3cccc(-c4cccc(C5C=CC=C(c6ccccc6)C5)c4)c3)cc2)=CC=1C1=CC=CC2(C3=CCCC(c4ccc(N5c6ccccc6C6C=CC=CC65)cc4)=C3)CC12. The van der Waals surface area contributed by atoms with Crippen molar-refractivity contribution < 1.29 is 0 Å². The molecule has 6 aliphatic carbocycles. The number of fused-ring (bicyclic) bond motifs is 7. The van der Waals surface area contributed by atoms with Gasteiger partial charge >= 0.3 is 0 Å². The second kappa shape index (κ2) is 24.8. The fourth-order valence-electron chi connectivity index (χ4n) is 17.0. The lowest BCUT2D eigenvalue weighted by molar-refractivity contribution is 0.716. The van der Waals surface area contributed by atoms with Crippen molar-refractivity contribution in [2.75, 3.05) is 4.90 Å². The summed E-state index contributed by atoms with van der Waals surface area (Å²) in [5.41, 5.74) is 36.3. The topological polar surface area (TPSA) is 8.17 Å². The molecule has 2 heteroatoms. The van der Waals surface area contributed by atoms with Gasteiger partial charge in [-0.2, -0.15) is 0 Å². The van der Waals surface area contributed by atoms with Crippen LogP contribution in [0.4, 0.5) is 11.4 Å². The van der Waals surface area contributed by atoms with Gasteiger partial charge in [0.1, 0.15) is 0 Å². The van der Waals surface area contributed by atoms with E-state index in [-0.39, 0.29) is 11.5 Å². The van der Waals surface area contributed by atoms with Crippen LogP contribution in [0.15, 0.2) is 387 Å². The first-order valence-electron chi connectivity index (χ1n) is 35.6. The molecular weight excluding hydrogens is 1210 g/mol. The Balaban J connectivity index is 0.626. The molecule has 5 atom stereocenters. The zero-order valence-corrected chi connectivity index (χ0v) is 55.7. The van der Waals surface area contributed by atoms with Crippen LogP contribution >= 0.6 is 0 Å². The van der Waals surface area contributed by atoms with Crippen molar-refractivity contribution in [1.82, 2.24) is 4.57 Å². The Morgan fingerprint density at radius 3 is 1.73 bits per heavy atom. The van der Waals surface area contributed by atoms with E-state index in [0.717, 1.165) is 53.7 Å². The smallest absolute Gasteiger partial charge is 0.0629 e. The van der Waals surface area contributed by atoms with Crippen molar-refractivity contribution in [3.8, 4) is 50.2 Å². The van der Waals surface area contributed by atoms with Gasteiger partial charge in [0.05, 0.1) is 17.1 Å². The maximum atomic E-state index is 3.97. The fraction of sp³-hybridized carbons (Fsp3) is 0.0918.